The van der Waals surface area contributed by atoms with Gasteiger partial charge in [-0.25, -0.2) is 5.01 Å². The first-order chi connectivity index (χ1) is 14.5. The number of ether oxygens (including phenoxy) is 2. The number of hydrogen-bond acceptors (Lipinski definition) is 6. The van der Waals surface area contributed by atoms with E-state index in [1.54, 1.807) is 7.11 Å². The maximum atomic E-state index is 12.9. The molecule has 1 atom stereocenters. The lowest BCUT2D eigenvalue weighted by Crippen LogP contribution is -2.28. The molecule has 1 heterocycles. The smallest absolute Gasteiger partial charge is 0.306 e. The van der Waals surface area contributed by atoms with E-state index in [1.165, 1.54) is 5.01 Å². The van der Waals surface area contributed by atoms with Crippen molar-refractivity contribution < 1.29 is 23.9 Å². The summed E-state index contributed by atoms with van der Waals surface area (Å²) in [5.74, 6) is -0.991. The number of methoxy groups -OCH3 is 1. The molecule has 156 valence electrons. The summed E-state index contributed by atoms with van der Waals surface area (Å²) in [6, 6.07) is 16.8. The first-order valence-electron chi connectivity index (χ1n) is 9.50. The number of benzene rings is 2. The second-order valence-corrected chi connectivity index (χ2v) is 6.77. The minimum atomic E-state index is -0.745. The van der Waals surface area contributed by atoms with Crippen molar-refractivity contribution in [3.8, 4) is 5.75 Å². The molecule has 2 aromatic rings. The van der Waals surface area contributed by atoms with Crippen molar-refractivity contribution in [2.75, 3.05) is 13.7 Å². The van der Waals surface area contributed by atoms with Gasteiger partial charge in [-0.15, -0.1) is 0 Å². The van der Waals surface area contributed by atoms with Crippen LogP contribution in [-0.2, 0) is 19.1 Å². The number of carbonyl (C=O) groups is 3. The summed E-state index contributed by atoms with van der Waals surface area (Å²) in [7, 11) is 1.59. The van der Waals surface area contributed by atoms with Crippen LogP contribution in [0.15, 0.2) is 59.7 Å². The lowest BCUT2D eigenvalue weighted by atomic mass is 9.98. The molecule has 0 unspecified atom stereocenters. The summed E-state index contributed by atoms with van der Waals surface area (Å²) in [6.07, 6.45) is 0.304. The van der Waals surface area contributed by atoms with Crippen molar-refractivity contribution >= 4 is 23.5 Å². The first kappa shape index (κ1) is 21.0. The molecule has 0 aromatic heterocycles. The van der Waals surface area contributed by atoms with Gasteiger partial charge in [-0.3, -0.25) is 14.4 Å². The van der Waals surface area contributed by atoms with Gasteiger partial charge in [0, 0.05) is 12.8 Å². The third-order valence-electron chi connectivity index (χ3n) is 4.69. The number of hydrazone groups is 1. The normalized spacial score (nSPS) is 15.4. The van der Waals surface area contributed by atoms with Gasteiger partial charge in [-0.1, -0.05) is 42.5 Å². The van der Waals surface area contributed by atoms with E-state index >= 15 is 0 Å². The Morgan fingerprint density at radius 2 is 1.77 bits per heavy atom. The van der Waals surface area contributed by atoms with Gasteiger partial charge in [-0.05, 0) is 23.3 Å². The van der Waals surface area contributed by atoms with Gasteiger partial charge in [0.05, 0.1) is 25.3 Å². The number of primary amides is 1. The predicted octanol–water partition coefficient (Wildman–Crippen LogP) is 2.18. The predicted molar refractivity (Wildman–Crippen MR) is 110 cm³/mol. The Bertz CT molecular complexity index is 941. The molecule has 1 aliphatic heterocycles. The largest absolute Gasteiger partial charge is 0.497 e. The average molecular weight is 409 g/mol. The highest BCUT2D eigenvalue weighted by atomic mass is 16.5. The van der Waals surface area contributed by atoms with Crippen LogP contribution in [-0.4, -0.2) is 42.2 Å². The third kappa shape index (κ3) is 5.22. The Balaban J connectivity index is 1.76. The molecule has 2 aromatic carbocycles. The van der Waals surface area contributed by atoms with Gasteiger partial charge in [0.15, 0.2) is 6.61 Å². The Morgan fingerprint density at radius 1 is 1.07 bits per heavy atom. The molecule has 2 N–H and O–H groups in total. The fraction of sp³-hybridized carbons (Fsp3) is 0.273. The number of nitrogens with two attached hydrogens (primary N) is 1. The van der Waals surface area contributed by atoms with Crippen molar-refractivity contribution in [1.29, 1.82) is 0 Å². The van der Waals surface area contributed by atoms with Crippen LogP contribution in [0.1, 0.15) is 36.4 Å². The van der Waals surface area contributed by atoms with Crippen LogP contribution in [0.4, 0.5) is 0 Å². The van der Waals surface area contributed by atoms with Gasteiger partial charge in [0.25, 0.3) is 5.91 Å². The second kappa shape index (κ2) is 9.69. The van der Waals surface area contributed by atoms with Gasteiger partial charge in [0.1, 0.15) is 5.75 Å². The summed E-state index contributed by atoms with van der Waals surface area (Å²) in [5.41, 5.74) is 7.59. The third-order valence-corrected chi connectivity index (χ3v) is 4.69. The zero-order valence-corrected chi connectivity index (χ0v) is 16.6. The molecule has 0 fully saturated rings. The van der Waals surface area contributed by atoms with E-state index in [9.17, 15) is 14.4 Å². The quantitative estimate of drug-likeness (QED) is 0.672. The zero-order valence-electron chi connectivity index (χ0n) is 16.6. The van der Waals surface area contributed by atoms with Crippen molar-refractivity contribution in [2.24, 2.45) is 10.8 Å². The van der Waals surface area contributed by atoms with Crippen LogP contribution >= 0.6 is 0 Å². The van der Waals surface area contributed by atoms with Crippen molar-refractivity contribution in [2.45, 2.75) is 25.3 Å². The summed E-state index contributed by atoms with van der Waals surface area (Å²) in [5, 5.41) is 5.98. The molecule has 1 aliphatic rings. The van der Waals surface area contributed by atoms with Crippen LogP contribution in [0.2, 0.25) is 0 Å². The van der Waals surface area contributed by atoms with E-state index in [0.717, 1.165) is 22.6 Å². The van der Waals surface area contributed by atoms with Crippen LogP contribution in [0.3, 0.4) is 0 Å². The lowest BCUT2D eigenvalue weighted by Gasteiger charge is -2.22. The SMILES string of the molecule is COc1ccc([C@H]2CC(c3ccccc3)=NN2C(=O)CCC(=O)OCC(N)=O)cc1. The van der Waals surface area contributed by atoms with E-state index in [1.807, 2.05) is 54.6 Å². The molecule has 30 heavy (non-hydrogen) atoms. The molecular weight excluding hydrogens is 386 g/mol. The first-order valence-corrected chi connectivity index (χ1v) is 9.50. The molecular formula is C22H23N3O5. The summed E-state index contributed by atoms with van der Waals surface area (Å²) in [4.78, 5) is 35.3. The molecule has 8 heteroatoms. The minimum absolute atomic E-state index is 0.0875. The van der Waals surface area contributed by atoms with Gasteiger partial charge < -0.3 is 15.2 Å². The standard InChI is InChI=1S/C22H23N3O5/c1-29-17-9-7-16(8-10-17)19-13-18(15-5-3-2-4-6-15)24-25(19)21(27)11-12-22(28)30-14-20(23)26/h2-10,19H,11-14H2,1H3,(H2,23,26)/t19-/m1/s1. The number of nitrogens with zero attached hydrogens (tertiary/aromatic N) is 2. The topological polar surface area (TPSA) is 111 Å². The molecule has 0 bridgehead atoms. The molecule has 0 aliphatic carbocycles. The summed E-state index contributed by atoms with van der Waals surface area (Å²) >= 11 is 0. The Kier molecular flexibility index (Phi) is 6.79. The van der Waals surface area contributed by atoms with Crippen LogP contribution in [0.25, 0.3) is 0 Å². The van der Waals surface area contributed by atoms with E-state index < -0.39 is 18.5 Å². The minimum Gasteiger partial charge on any atom is -0.497 e. The molecule has 0 saturated carbocycles. The van der Waals surface area contributed by atoms with E-state index in [0.29, 0.717) is 6.42 Å². The molecule has 8 nitrogen and oxygen atoms in total. The van der Waals surface area contributed by atoms with Gasteiger partial charge in [-0.2, -0.15) is 5.10 Å². The Morgan fingerprint density at radius 3 is 2.40 bits per heavy atom. The fourth-order valence-electron chi connectivity index (χ4n) is 3.18. The van der Waals surface area contributed by atoms with Crippen molar-refractivity contribution in [3.05, 3.63) is 65.7 Å². The van der Waals surface area contributed by atoms with Crippen molar-refractivity contribution in [3.63, 3.8) is 0 Å². The number of rotatable bonds is 8. The van der Waals surface area contributed by atoms with Crippen LogP contribution < -0.4 is 10.5 Å². The highest BCUT2D eigenvalue weighted by Gasteiger charge is 2.33. The molecule has 3 rings (SSSR count). The maximum absolute atomic E-state index is 12.9. The zero-order chi connectivity index (χ0) is 21.5. The Hall–Kier alpha value is -3.68. The molecule has 2 amide bonds. The number of carbonyl (C=O) groups excluding carboxylic acids is 3. The maximum Gasteiger partial charge on any atom is 0.306 e. The lowest BCUT2D eigenvalue weighted by molar-refractivity contribution is -0.149. The monoisotopic (exact) mass is 409 g/mol. The van der Waals surface area contributed by atoms with Crippen LogP contribution in [0.5, 0.6) is 5.75 Å². The number of amides is 2. The molecule has 0 spiro atoms. The van der Waals surface area contributed by atoms with E-state index in [-0.39, 0.29) is 24.8 Å². The number of esters is 1. The number of hydrogen-bond donors (Lipinski definition) is 1. The van der Waals surface area contributed by atoms with Crippen LogP contribution in [0, 0.1) is 0 Å². The molecule has 0 saturated heterocycles. The molecule has 0 radical (unpaired) electrons. The summed E-state index contributed by atoms with van der Waals surface area (Å²) in [6.45, 7) is -0.498. The second-order valence-electron chi connectivity index (χ2n) is 6.77. The summed E-state index contributed by atoms with van der Waals surface area (Å²) < 4.78 is 9.92. The van der Waals surface area contributed by atoms with Gasteiger partial charge >= 0.3 is 5.97 Å². The van der Waals surface area contributed by atoms with E-state index in [4.69, 9.17) is 15.2 Å². The highest BCUT2D eigenvalue weighted by Crippen LogP contribution is 2.34. The Labute approximate surface area is 174 Å². The highest BCUT2D eigenvalue weighted by molar-refractivity contribution is 6.03. The van der Waals surface area contributed by atoms with Crippen molar-refractivity contribution in [1.82, 2.24) is 5.01 Å². The fourth-order valence-corrected chi connectivity index (χ4v) is 3.18. The van der Waals surface area contributed by atoms with Gasteiger partial charge in [0.2, 0.25) is 5.91 Å². The van der Waals surface area contributed by atoms with E-state index in [2.05, 4.69) is 5.10 Å². The average Bonchev–Trinajstić information content (AvgIpc) is 3.22.